The van der Waals surface area contributed by atoms with Gasteiger partial charge in [-0.15, -0.1) is 0 Å². The Morgan fingerprint density at radius 1 is 1.67 bits per heavy atom. The number of nitrogens with zero attached hydrogens (tertiary/aromatic N) is 4. The average molecular weight is 252 g/mol. The van der Waals surface area contributed by atoms with Crippen molar-refractivity contribution in [1.82, 2.24) is 19.7 Å². The highest BCUT2D eigenvalue weighted by atomic mass is 16.5. The van der Waals surface area contributed by atoms with E-state index in [0.717, 1.165) is 12.4 Å². The van der Waals surface area contributed by atoms with E-state index >= 15 is 0 Å². The van der Waals surface area contributed by atoms with Gasteiger partial charge in [0, 0.05) is 19.1 Å². The molecule has 1 aromatic rings. The van der Waals surface area contributed by atoms with Gasteiger partial charge in [-0.25, -0.2) is 9.67 Å². The van der Waals surface area contributed by atoms with Crippen molar-refractivity contribution in [2.75, 3.05) is 19.7 Å². The van der Waals surface area contributed by atoms with Crippen molar-refractivity contribution < 1.29 is 4.74 Å². The summed E-state index contributed by atoms with van der Waals surface area (Å²) in [6.45, 7) is 6.94. The molecule has 1 aromatic heterocycles. The molecule has 1 unspecified atom stereocenters. The van der Waals surface area contributed by atoms with E-state index in [4.69, 9.17) is 15.9 Å². The molecule has 100 valence electrons. The highest BCUT2D eigenvalue weighted by molar-refractivity contribution is 5.82. The van der Waals surface area contributed by atoms with E-state index in [-0.39, 0.29) is 11.9 Å². The van der Waals surface area contributed by atoms with Gasteiger partial charge in [-0.3, -0.25) is 10.3 Å². The van der Waals surface area contributed by atoms with Crippen molar-refractivity contribution >= 4 is 5.84 Å². The van der Waals surface area contributed by atoms with Crippen LogP contribution < -0.4 is 5.73 Å². The maximum Gasteiger partial charge on any atom is 0.141 e. The summed E-state index contributed by atoms with van der Waals surface area (Å²) in [6, 6.07) is 0.298. The summed E-state index contributed by atoms with van der Waals surface area (Å²) in [5.74, 6) is 1.03. The lowest BCUT2D eigenvalue weighted by molar-refractivity contribution is 0.000849. The van der Waals surface area contributed by atoms with E-state index in [1.807, 2.05) is 4.68 Å². The number of nitrogens with two attached hydrogens (primary N) is 1. The topological polar surface area (TPSA) is 93.0 Å². The average Bonchev–Trinajstić information content (AvgIpc) is 2.77. The summed E-state index contributed by atoms with van der Waals surface area (Å²) in [7, 11) is 0. The predicted molar refractivity (Wildman–Crippen MR) is 67.3 cm³/mol. The van der Waals surface area contributed by atoms with E-state index in [1.165, 1.54) is 0 Å². The third kappa shape index (κ3) is 2.85. The number of hydrogen-bond acceptors (Lipinski definition) is 5. The van der Waals surface area contributed by atoms with E-state index in [1.54, 1.807) is 6.33 Å². The van der Waals surface area contributed by atoms with Crippen molar-refractivity contribution in [3.63, 3.8) is 0 Å². The zero-order chi connectivity index (χ0) is 13.1. The Morgan fingerprint density at radius 2 is 2.44 bits per heavy atom. The van der Waals surface area contributed by atoms with Crippen LogP contribution in [0.25, 0.3) is 0 Å². The summed E-state index contributed by atoms with van der Waals surface area (Å²) in [4.78, 5) is 6.48. The second kappa shape index (κ2) is 5.45. The van der Waals surface area contributed by atoms with Crippen molar-refractivity contribution in [2.45, 2.75) is 32.5 Å². The number of morpholine rings is 1. The SMILES string of the molecule is CC(C)n1ncnc1CN1CCOC(C(=N)N)C1. The van der Waals surface area contributed by atoms with Crippen LogP contribution in [0.15, 0.2) is 6.33 Å². The molecule has 0 radical (unpaired) electrons. The van der Waals surface area contributed by atoms with E-state index in [2.05, 4.69) is 28.8 Å². The molecule has 7 nitrogen and oxygen atoms in total. The largest absolute Gasteiger partial charge is 0.385 e. The van der Waals surface area contributed by atoms with Gasteiger partial charge >= 0.3 is 0 Å². The van der Waals surface area contributed by atoms with Gasteiger partial charge in [-0.05, 0) is 13.8 Å². The molecule has 0 spiro atoms. The fourth-order valence-electron chi connectivity index (χ4n) is 2.05. The molecule has 0 amide bonds. The van der Waals surface area contributed by atoms with Crippen molar-refractivity contribution in [3.8, 4) is 0 Å². The normalized spacial score (nSPS) is 21.4. The summed E-state index contributed by atoms with van der Waals surface area (Å²) in [6.07, 6.45) is 1.28. The molecule has 1 aliphatic rings. The fraction of sp³-hybridized carbons (Fsp3) is 0.727. The molecule has 1 atom stereocenters. The van der Waals surface area contributed by atoms with Crippen LogP contribution in [0.3, 0.4) is 0 Å². The maximum absolute atomic E-state index is 7.43. The van der Waals surface area contributed by atoms with Gasteiger partial charge in [0.2, 0.25) is 0 Å². The molecule has 2 rings (SSSR count). The molecule has 0 aromatic carbocycles. The van der Waals surface area contributed by atoms with Crippen molar-refractivity contribution in [1.29, 1.82) is 5.41 Å². The molecule has 0 aliphatic carbocycles. The molecule has 0 saturated carbocycles. The molecule has 18 heavy (non-hydrogen) atoms. The van der Waals surface area contributed by atoms with Gasteiger partial charge in [-0.1, -0.05) is 0 Å². The van der Waals surface area contributed by atoms with Crippen LogP contribution in [-0.2, 0) is 11.3 Å². The number of nitrogens with one attached hydrogen (secondary N) is 1. The third-order valence-corrected chi connectivity index (χ3v) is 3.00. The van der Waals surface area contributed by atoms with E-state index in [9.17, 15) is 0 Å². The smallest absolute Gasteiger partial charge is 0.141 e. The molecule has 3 N–H and O–H groups in total. The summed E-state index contributed by atoms with van der Waals surface area (Å²) < 4.78 is 7.35. The number of ether oxygens (including phenoxy) is 1. The van der Waals surface area contributed by atoms with Crippen LogP contribution in [0.1, 0.15) is 25.7 Å². The summed E-state index contributed by atoms with van der Waals surface area (Å²) >= 11 is 0. The Morgan fingerprint density at radius 3 is 3.11 bits per heavy atom. The van der Waals surface area contributed by atoms with Gasteiger partial charge in [-0.2, -0.15) is 5.10 Å². The number of aromatic nitrogens is 3. The molecular formula is C11H20N6O. The van der Waals surface area contributed by atoms with E-state index in [0.29, 0.717) is 25.7 Å². The first-order valence-corrected chi connectivity index (χ1v) is 6.14. The molecule has 1 fully saturated rings. The Hall–Kier alpha value is -1.47. The first-order valence-electron chi connectivity index (χ1n) is 6.14. The second-order valence-electron chi connectivity index (χ2n) is 4.76. The monoisotopic (exact) mass is 252 g/mol. The van der Waals surface area contributed by atoms with Gasteiger partial charge < -0.3 is 10.5 Å². The quantitative estimate of drug-likeness (QED) is 0.581. The van der Waals surface area contributed by atoms with Gasteiger partial charge in [0.05, 0.1) is 13.2 Å². The van der Waals surface area contributed by atoms with Crippen molar-refractivity contribution in [3.05, 3.63) is 12.2 Å². The van der Waals surface area contributed by atoms with Crippen LogP contribution in [0.2, 0.25) is 0 Å². The first-order chi connectivity index (χ1) is 8.58. The lowest BCUT2D eigenvalue weighted by Crippen LogP contribution is -2.48. The lowest BCUT2D eigenvalue weighted by Gasteiger charge is -2.32. The number of amidine groups is 1. The highest BCUT2D eigenvalue weighted by Crippen LogP contribution is 2.11. The van der Waals surface area contributed by atoms with Gasteiger partial charge in [0.15, 0.2) is 0 Å². The second-order valence-corrected chi connectivity index (χ2v) is 4.76. The predicted octanol–water partition coefficient (Wildman–Crippen LogP) is -0.00423. The third-order valence-electron chi connectivity index (χ3n) is 3.00. The lowest BCUT2D eigenvalue weighted by atomic mass is 10.2. The van der Waals surface area contributed by atoms with Gasteiger partial charge in [0.25, 0.3) is 0 Å². The van der Waals surface area contributed by atoms with Crippen molar-refractivity contribution in [2.24, 2.45) is 5.73 Å². The minimum atomic E-state index is -0.297. The summed E-state index contributed by atoms with van der Waals surface area (Å²) in [5, 5.41) is 11.6. The summed E-state index contributed by atoms with van der Waals surface area (Å²) in [5.41, 5.74) is 5.48. The fourth-order valence-corrected chi connectivity index (χ4v) is 2.05. The molecule has 1 saturated heterocycles. The van der Waals surface area contributed by atoms with Crippen LogP contribution in [0, 0.1) is 5.41 Å². The zero-order valence-corrected chi connectivity index (χ0v) is 10.8. The van der Waals surface area contributed by atoms with Crippen LogP contribution >= 0.6 is 0 Å². The molecular weight excluding hydrogens is 232 g/mol. The van der Waals surface area contributed by atoms with Crippen LogP contribution in [0.4, 0.5) is 0 Å². The maximum atomic E-state index is 7.43. The van der Waals surface area contributed by atoms with Crippen LogP contribution in [-0.4, -0.2) is 51.3 Å². The molecule has 0 bridgehead atoms. The van der Waals surface area contributed by atoms with Crippen LogP contribution in [0.5, 0.6) is 0 Å². The molecule has 7 heteroatoms. The standard InChI is InChI=1S/C11H20N6O/c1-8(2)17-10(14-7-15-17)6-16-3-4-18-9(5-16)11(12)13/h7-9H,3-6H2,1-2H3,(H3,12,13). The zero-order valence-electron chi connectivity index (χ0n) is 10.8. The Kier molecular flexibility index (Phi) is 3.93. The Bertz CT molecular complexity index is 415. The first kappa shape index (κ1) is 13.0. The van der Waals surface area contributed by atoms with E-state index < -0.39 is 0 Å². The molecule has 1 aliphatic heterocycles. The number of rotatable bonds is 4. The molecule has 2 heterocycles. The minimum absolute atomic E-state index is 0.0880. The highest BCUT2D eigenvalue weighted by Gasteiger charge is 2.24. The Balaban J connectivity index is 2.00. The number of hydrogen-bond donors (Lipinski definition) is 2. The Labute approximate surface area is 106 Å². The van der Waals surface area contributed by atoms with Gasteiger partial charge in [0.1, 0.15) is 24.1 Å². The minimum Gasteiger partial charge on any atom is -0.385 e.